The van der Waals surface area contributed by atoms with Gasteiger partial charge in [0.15, 0.2) is 5.60 Å². The number of alkyl halides is 2. The van der Waals surface area contributed by atoms with Crippen molar-refractivity contribution in [3.8, 4) is 6.07 Å². The zero-order chi connectivity index (χ0) is 33.5. The molecule has 1 amide bonds. The first-order valence-electron chi connectivity index (χ1n) is 15.5. The normalized spacial score (nSPS) is 18.0. The second-order valence-corrected chi connectivity index (χ2v) is 12.4. The van der Waals surface area contributed by atoms with Crippen LogP contribution in [0.2, 0.25) is 0 Å². The molecule has 1 heterocycles. The molecule has 1 atom stereocenters. The Morgan fingerprint density at radius 3 is 2.18 bits per heavy atom. The fourth-order valence-electron chi connectivity index (χ4n) is 4.75. The molecule has 0 N–H and O–H groups in total. The highest BCUT2D eigenvalue weighted by atomic mass is 31.0. The Kier molecular flexibility index (Phi) is 16.6. The average Bonchev–Trinajstić information content (AvgIpc) is 3.80. The number of nitriles is 1. The van der Waals surface area contributed by atoms with Gasteiger partial charge in [-0.3, -0.25) is 4.99 Å². The van der Waals surface area contributed by atoms with Gasteiger partial charge in [-0.05, 0) is 90.9 Å². The van der Waals surface area contributed by atoms with Gasteiger partial charge in [-0.25, -0.2) is 4.79 Å². The third-order valence-electron chi connectivity index (χ3n) is 7.61. The van der Waals surface area contributed by atoms with Gasteiger partial charge in [0, 0.05) is 49.4 Å². The molecule has 1 aliphatic heterocycles. The van der Waals surface area contributed by atoms with Gasteiger partial charge in [0.1, 0.15) is 0 Å². The topological polar surface area (TPSA) is 68.9 Å². The van der Waals surface area contributed by atoms with E-state index >= 15 is 0 Å². The van der Waals surface area contributed by atoms with E-state index in [1.807, 2.05) is 31.2 Å². The molecule has 1 saturated carbocycles. The number of aliphatic imine (C=N–C) groups is 1. The quantitative estimate of drug-likeness (QED) is 0.0933. The maximum atomic E-state index is 13.6. The molecule has 1 unspecified atom stereocenters. The SMILES string of the molecule is C=CN=C(C)C(/C(=C\C)C1CC1)=C(\C)N1CCN(C(=O)OC(C)(C)C(F)(F)P)CC1.CC/C=C/C=C(C#N)\C=C(/C)CCC. The molecule has 0 aromatic carbocycles. The Balaban J connectivity index is 0.000000582. The molecular formula is C35H53F2N4O2P. The number of carbonyl (C=O) groups excluding carboxylic acids is 1. The Morgan fingerprint density at radius 1 is 1.14 bits per heavy atom. The number of carbonyl (C=O) groups is 1. The monoisotopic (exact) mass is 630 g/mol. The number of hydrogen-bond donors (Lipinski definition) is 0. The van der Waals surface area contributed by atoms with E-state index in [1.54, 1.807) is 6.20 Å². The lowest BCUT2D eigenvalue weighted by Gasteiger charge is -2.39. The number of rotatable bonds is 12. The molecule has 0 spiro atoms. The van der Waals surface area contributed by atoms with Gasteiger partial charge in [-0.15, -0.1) is 0 Å². The Labute approximate surface area is 267 Å². The first-order valence-corrected chi connectivity index (χ1v) is 16.1. The van der Waals surface area contributed by atoms with Crippen LogP contribution in [0.4, 0.5) is 13.6 Å². The van der Waals surface area contributed by atoms with Crippen molar-refractivity contribution in [2.45, 2.75) is 98.8 Å². The molecule has 1 aliphatic carbocycles. The molecular weight excluding hydrogens is 577 g/mol. The Bertz CT molecular complexity index is 1200. The van der Waals surface area contributed by atoms with Crippen LogP contribution in [0.15, 0.2) is 76.1 Å². The predicted octanol–water partition coefficient (Wildman–Crippen LogP) is 9.37. The van der Waals surface area contributed by atoms with Gasteiger partial charge in [0.05, 0.1) is 11.6 Å². The van der Waals surface area contributed by atoms with E-state index in [1.165, 1.54) is 52.0 Å². The van der Waals surface area contributed by atoms with Crippen LogP contribution in [-0.2, 0) is 4.74 Å². The summed E-state index contributed by atoms with van der Waals surface area (Å²) >= 11 is 0. The molecule has 1 saturated heterocycles. The van der Waals surface area contributed by atoms with Crippen LogP contribution in [0.1, 0.15) is 87.5 Å². The van der Waals surface area contributed by atoms with Gasteiger partial charge >= 0.3 is 6.09 Å². The number of allylic oxidation sites excluding steroid dienone is 10. The number of piperazine rings is 1. The third kappa shape index (κ3) is 12.5. The number of amides is 1. The second-order valence-electron chi connectivity index (χ2n) is 11.7. The van der Waals surface area contributed by atoms with E-state index < -0.39 is 17.4 Å². The van der Waals surface area contributed by atoms with Crippen LogP contribution in [0.5, 0.6) is 0 Å². The largest absolute Gasteiger partial charge is 0.437 e. The van der Waals surface area contributed by atoms with Crippen molar-refractivity contribution >= 4 is 21.0 Å². The standard InChI is InChI=1S/C22H34F2N3O2P.C13H19N/c1-7-18(17-9-10-17)19(15(3)25-8-2)16(4)26-11-13-27(14-12-26)20(28)29-21(5,6)22(23,24)30;1-4-6-7-9-13(11-14)10-12(3)8-5-2/h7-8,17H,2,9-14,30H2,1,3-6H3;6-7,9-10H,4-5,8H2,1-3H3/b18-7-,19-16-,25-15?;7-6+,12-10+,13-9+. The Hall–Kier alpha value is -3.04. The maximum Gasteiger partial charge on any atom is 0.410 e. The van der Waals surface area contributed by atoms with Crippen molar-refractivity contribution in [2.75, 3.05) is 26.2 Å². The zero-order valence-corrected chi connectivity index (χ0v) is 29.2. The van der Waals surface area contributed by atoms with Gasteiger partial charge in [-0.2, -0.15) is 14.0 Å². The highest BCUT2D eigenvalue weighted by Crippen LogP contribution is 2.42. The van der Waals surface area contributed by atoms with Gasteiger partial charge in [0.2, 0.25) is 0 Å². The average molecular weight is 631 g/mol. The highest BCUT2D eigenvalue weighted by Gasteiger charge is 2.46. The summed E-state index contributed by atoms with van der Waals surface area (Å²) in [6.07, 6.45) is 16.4. The van der Waals surface area contributed by atoms with Crippen LogP contribution >= 0.6 is 9.24 Å². The number of hydrogen-bond acceptors (Lipinski definition) is 5. The fraction of sp³-hybridized carbons (Fsp3) is 0.571. The van der Waals surface area contributed by atoms with Crippen molar-refractivity contribution < 1.29 is 18.3 Å². The minimum absolute atomic E-state index is 0.411. The third-order valence-corrected chi connectivity index (χ3v) is 8.30. The molecule has 2 rings (SSSR count). The van der Waals surface area contributed by atoms with Crippen LogP contribution in [0.25, 0.3) is 0 Å². The van der Waals surface area contributed by atoms with E-state index in [0.717, 1.165) is 41.8 Å². The highest BCUT2D eigenvalue weighted by molar-refractivity contribution is 7.18. The summed E-state index contributed by atoms with van der Waals surface area (Å²) in [6, 6.07) is 2.18. The van der Waals surface area contributed by atoms with Crippen LogP contribution in [0.3, 0.4) is 0 Å². The summed E-state index contributed by atoms with van der Waals surface area (Å²) in [5.74, 6) is 0.571. The van der Waals surface area contributed by atoms with Crippen LogP contribution in [-0.4, -0.2) is 59.0 Å². The molecule has 2 fully saturated rings. The maximum absolute atomic E-state index is 13.6. The fourth-order valence-corrected chi connectivity index (χ4v) is 4.81. The zero-order valence-electron chi connectivity index (χ0n) is 28.1. The molecule has 6 nitrogen and oxygen atoms in total. The summed E-state index contributed by atoms with van der Waals surface area (Å²) in [6.45, 7) is 20.6. The first kappa shape index (κ1) is 39.0. The van der Waals surface area contributed by atoms with E-state index in [-0.39, 0.29) is 0 Å². The van der Waals surface area contributed by atoms with Crippen LogP contribution in [0, 0.1) is 17.2 Å². The molecule has 0 aromatic heterocycles. The van der Waals surface area contributed by atoms with Crippen molar-refractivity contribution in [1.82, 2.24) is 9.80 Å². The van der Waals surface area contributed by atoms with Gasteiger partial charge < -0.3 is 14.5 Å². The lowest BCUT2D eigenvalue weighted by Crippen LogP contribution is -2.52. The van der Waals surface area contributed by atoms with E-state index in [0.29, 0.717) is 32.1 Å². The number of ether oxygens (including phenoxy) is 1. The lowest BCUT2D eigenvalue weighted by atomic mass is 9.95. The number of nitrogens with zero attached hydrogens (tertiary/aromatic N) is 4. The van der Waals surface area contributed by atoms with E-state index in [4.69, 9.17) is 10.00 Å². The van der Waals surface area contributed by atoms with Crippen molar-refractivity contribution in [2.24, 2.45) is 10.9 Å². The summed E-state index contributed by atoms with van der Waals surface area (Å²) in [5.41, 5.74) is 1.40. The Morgan fingerprint density at radius 2 is 1.73 bits per heavy atom. The summed E-state index contributed by atoms with van der Waals surface area (Å²) in [5, 5.41) is 8.85. The van der Waals surface area contributed by atoms with Crippen molar-refractivity contribution in [3.05, 3.63) is 71.1 Å². The molecule has 44 heavy (non-hydrogen) atoms. The number of halogens is 2. The minimum atomic E-state index is -3.20. The summed E-state index contributed by atoms with van der Waals surface area (Å²) < 4.78 is 32.4. The van der Waals surface area contributed by atoms with Gasteiger partial charge in [-0.1, -0.05) is 59.9 Å². The molecule has 0 bridgehead atoms. The second kappa shape index (κ2) is 18.7. The predicted molar refractivity (Wildman–Crippen MR) is 183 cm³/mol. The molecule has 9 heteroatoms. The van der Waals surface area contributed by atoms with E-state index in [2.05, 4.69) is 63.2 Å². The summed E-state index contributed by atoms with van der Waals surface area (Å²) in [7, 11) is 1.44. The molecule has 244 valence electrons. The van der Waals surface area contributed by atoms with Crippen molar-refractivity contribution in [1.29, 1.82) is 5.26 Å². The first-order chi connectivity index (χ1) is 20.7. The smallest absolute Gasteiger partial charge is 0.410 e. The van der Waals surface area contributed by atoms with Crippen LogP contribution < -0.4 is 0 Å². The molecule has 0 radical (unpaired) electrons. The molecule has 2 aliphatic rings. The minimum Gasteiger partial charge on any atom is -0.437 e. The lowest BCUT2D eigenvalue weighted by molar-refractivity contribution is -0.110. The molecule has 0 aromatic rings. The van der Waals surface area contributed by atoms with Gasteiger partial charge in [0.25, 0.3) is 5.66 Å². The van der Waals surface area contributed by atoms with Crippen molar-refractivity contribution in [3.63, 3.8) is 0 Å². The summed E-state index contributed by atoms with van der Waals surface area (Å²) in [4.78, 5) is 20.5. The van der Waals surface area contributed by atoms with E-state index in [9.17, 15) is 13.6 Å².